The van der Waals surface area contributed by atoms with Gasteiger partial charge in [0, 0.05) is 25.9 Å². The summed E-state index contributed by atoms with van der Waals surface area (Å²) >= 11 is 0. The Labute approximate surface area is 141 Å². The van der Waals surface area contributed by atoms with Crippen molar-refractivity contribution in [3.8, 4) is 12.3 Å². The highest BCUT2D eigenvalue weighted by Crippen LogP contribution is 2.46. The molecule has 0 saturated carbocycles. The van der Waals surface area contributed by atoms with Gasteiger partial charge in [0.25, 0.3) is 0 Å². The zero-order valence-electron chi connectivity index (χ0n) is 15.8. The molecule has 1 aliphatic rings. The van der Waals surface area contributed by atoms with E-state index in [1.54, 1.807) is 13.8 Å². The molecule has 1 N–H and O–H groups in total. The summed E-state index contributed by atoms with van der Waals surface area (Å²) in [6, 6.07) is 0. The van der Waals surface area contributed by atoms with Crippen LogP contribution in [0.15, 0.2) is 0 Å². The van der Waals surface area contributed by atoms with Gasteiger partial charge < -0.3 is 14.7 Å². The molecule has 0 amide bonds. The Hall–Kier alpha value is -1.05. The molecule has 1 unspecified atom stereocenters. The van der Waals surface area contributed by atoms with Gasteiger partial charge in [0.1, 0.15) is 0 Å². The second-order valence-corrected chi connectivity index (χ2v) is 8.90. The molecule has 1 atom stereocenters. The van der Waals surface area contributed by atoms with Crippen LogP contribution in [0, 0.1) is 23.2 Å². The fourth-order valence-corrected chi connectivity index (χ4v) is 3.05. The van der Waals surface area contributed by atoms with Crippen LogP contribution >= 0.6 is 0 Å². The van der Waals surface area contributed by atoms with Crippen molar-refractivity contribution >= 4 is 5.97 Å². The van der Waals surface area contributed by atoms with Gasteiger partial charge >= 0.3 is 5.97 Å². The van der Waals surface area contributed by atoms with Crippen LogP contribution in [0.3, 0.4) is 0 Å². The highest BCUT2D eigenvalue weighted by molar-refractivity contribution is 5.78. The number of carbonyl (C=O) groups excluding carboxylic acids is 1. The third-order valence-electron chi connectivity index (χ3n) is 5.24. The summed E-state index contributed by atoms with van der Waals surface area (Å²) in [6.45, 7) is 12.9. The molecular weight excluding hydrogens is 290 g/mol. The van der Waals surface area contributed by atoms with Crippen molar-refractivity contribution in [1.29, 1.82) is 0 Å². The minimum Gasteiger partial charge on any atom is -0.445 e. The van der Waals surface area contributed by atoms with Crippen LogP contribution in [-0.4, -0.2) is 47.3 Å². The Morgan fingerprint density at radius 2 is 1.70 bits per heavy atom. The van der Waals surface area contributed by atoms with Gasteiger partial charge in [0.2, 0.25) is 0 Å². The third-order valence-corrected chi connectivity index (χ3v) is 5.24. The number of terminal acetylenes is 1. The van der Waals surface area contributed by atoms with Gasteiger partial charge in [-0.25, -0.2) is 0 Å². The molecule has 4 nitrogen and oxygen atoms in total. The Balaban J connectivity index is 3.05. The van der Waals surface area contributed by atoms with Crippen LogP contribution in [0.1, 0.15) is 60.8 Å². The molecule has 0 bridgehead atoms. The minimum absolute atomic E-state index is 0.311. The third kappa shape index (κ3) is 4.71. The summed E-state index contributed by atoms with van der Waals surface area (Å²) in [6.07, 6.45) is 7.33. The number of esters is 1. The molecule has 4 heteroatoms. The largest absolute Gasteiger partial charge is 0.445 e. The zero-order valence-corrected chi connectivity index (χ0v) is 15.8. The number of likely N-dealkylation sites (tertiary alicyclic amines) is 1. The first kappa shape index (κ1) is 20.0. The Morgan fingerprint density at radius 3 is 2.04 bits per heavy atom. The predicted octanol–water partition coefficient (Wildman–Crippen LogP) is 2.84. The molecule has 1 heterocycles. The van der Waals surface area contributed by atoms with Crippen LogP contribution in [0.25, 0.3) is 0 Å². The molecule has 0 radical (unpaired) electrons. The average molecular weight is 323 g/mol. The lowest BCUT2D eigenvalue weighted by Crippen LogP contribution is -2.51. The molecule has 0 spiro atoms. The zero-order chi connectivity index (χ0) is 18.1. The summed E-state index contributed by atoms with van der Waals surface area (Å²) in [7, 11) is 2.04. The summed E-state index contributed by atoms with van der Waals surface area (Å²) < 4.78 is 5.90. The summed E-state index contributed by atoms with van der Waals surface area (Å²) in [5.41, 5.74) is -2.96. The van der Waals surface area contributed by atoms with E-state index < -0.39 is 16.6 Å². The maximum absolute atomic E-state index is 13.1. The van der Waals surface area contributed by atoms with Gasteiger partial charge in [-0.05, 0) is 39.7 Å². The summed E-state index contributed by atoms with van der Waals surface area (Å²) in [5.74, 6) is 2.41. The molecular formula is C19H33NO3. The Kier molecular flexibility index (Phi) is 5.61. The quantitative estimate of drug-likeness (QED) is 0.638. The van der Waals surface area contributed by atoms with E-state index in [4.69, 9.17) is 11.2 Å². The van der Waals surface area contributed by atoms with Gasteiger partial charge in [-0.15, -0.1) is 6.42 Å². The van der Waals surface area contributed by atoms with Crippen molar-refractivity contribution in [2.75, 3.05) is 20.1 Å². The van der Waals surface area contributed by atoms with E-state index in [1.165, 1.54) is 0 Å². The van der Waals surface area contributed by atoms with Crippen molar-refractivity contribution < 1.29 is 14.6 Å². The lowest BCUT2D eigenvalue weighted by Gasteiger charge is -2.45. The topological polar surface area (TPSA) is 49.8 Å². The first-order chi connectivity index (χ1) is 10.2. The van der Waals surface area contributed by atoms with Crippen LogP contribution in [0.4, 0.5) is 0 Å². The van der Waals surface area contributed by atoms with Gasteiger partial charge in [0.15, 0.2) is 5.60 Å². The van der Waals surface area contributed by atoms with E-state index in [1.807, 2.05) is 34.7 Å². The number of hydrogen-bond donors (Lipinski definition) is 1. The molecule has 0 aromatic carbocycles. The Morgan fingerprint density at radius 1 is 1.22 bits per heavy atom. The molecule has 132 valence electrons. The number of aliphatic hydroxyl groups is 1. The van der Waals surface area contributed by atoms with Gasteiger partial charge in [-0.1, -0.05) is 26.7 Å². The first-order valence-corrected chi connectivity index (χ1v) is 8.37. The summed E-state index contributed by atoms with van der Waals surface area (Å²) in [5, 5.41) is 10.3. The number of rotatable bonds is 4. The molecule has 1 rings (SSSR count). The molecule has 1 fully saturated rings. The average Bonchev–Trinajstić information content (AvgIpc) is 2.38. The second kappa shape index (κ2) is 6.45. The van der Waals surface area contributed by atoms with Gasteiger partial charge in [-0.2, -0.15) is 0 Å². The maximum Gasteiger partial charge on any atom is 0.313 e. The van der Waals surface area contributed by atoms with E-state index in [9.17, 15) is 9.90 Å². The number of nitrogens with zero attached hydrogens (tertiary/aromatic N) is 1. The lowest BCUT2D eigenvalue weighted by atomic mass is 9.63. The van der Waals surface area contributed by atoms with Crippen molar-refractivity contribution in [3.05, 3.63) is 0 Å². The maximum atomic E-state index is 13.1. The molecule has 0 aromatic heterocycles. The second-order valence-electron chi connectivity index (χ2n) is 8.90. The molecule has 1 saturated heterocycles. The van der Waals surface area contributed by atoms with E-state index in [-0.39, 0.29) is 11.4 Å². The first-order valence-electron chi connectivity index (χ1n) is 8.37. The highest BCUT2D eigenvalue weighted by atomic mass is 16.6. The number of piperidine rings is 1. The van der Waals surface area contributed by atoms with Crippen LogP contribution < -0.4 is 0 Å². The standard InChI is InChI=1S/C19H33NO3/c1-9-19(10-12-20(8)13-11-19)23-15(21)18(7,16(2,3)4)14-17(5,6)22/h1,22H,10-14H2,2-8H3. The smallest absolute Gasteiger partial charge is 0.313 e. The van der Waals surface area contributed by atoms with Gasteiger partial charge in [-0.3, -0.25) is 4.79 Å². The minimum atomic E-state index is -0.961. The van der Waals surface area contributed by atoms with Crippen LogP contribution in [0.5, 0.6) is 0 Å². The molecule has 23 heavy (non-hydrogen) atoms. The molecule has 0 aliphatic carbocycles. The predicted molar refractivity (Wildman–Crippen MR) is 92.9 cm³/mol. The molecule has 1 aliphatic heterocycles. The van der Waals surface area contributed by atoms with E-state index in [0.29, 0.717) is 19.3 Å². The van der Waals surface area contributed by atoms with Crippen LogP contribution in [0.2, 0.25) is 0 Å². The van der Waals surface area contributed by atoms with Crippen molar-refractivity contribution in [2.24, 2.45) is 10.8 Å². The van der Waals surface area contributed by atoms with E-state index >= 15 is 0 Å². The van der Waals surface area contributed by atoms with E-state index in [0.717, 1.165) is 13.1 Å². The van der Waals surface area contributed by atoms with Crippen molar-refractivity contribution in [3.63, 3.8) is 0 Å². The number of carbonyl (C=O) groups is 1. The number of hydrogen-bond acceptors (Lipinski definition) is 4. The Bertz CT molecular complexity index is 470. The van der Waals surface area contributed by atoms with Crippen LogP contribution in [-0.2, 0) is 9.53 Å². The normalized spacial score (nSPS) is 22.0. The fourth-order valence-electron chi connectivity index (χ4n) is 3.05. The van der Waals surface area contributed by atoms with Gasteiger partial charge in [0.05, 0.1) is 11.0 Å². The van der Waals surface area contributed by atoms with E-state index in [2.05, 4.69) is 10.8 Å². The number of ether oxygens (including phenoxy) is 1. The highest BCUT2D eigenvalue weighted by Gasteiger charge is 2.50. The SMILES string of the molecule is C#CC1(OC(=O)C(C)(CC(C)(C)O)C(C)(C)C)CCN(C)CC1. The monoisotopic (exact) mass is 323 g/mol. The van der Waals surface area contributed by atoms with Crippen molar-refractivity contribution in [2.45, 2.75) is 72.0 Å². The summed E-state index contributed by atoms with van der Waals surface area (Å²) in [4.78, 5) is 15.2. The lowest BCUT2D eigenvalue weighted by molar-refractivity contribution is -0.181. The van der Waals surface area contributed by atoms with Crippen molar-refractivity contribution in [1.82, 2.24) is 4.90 Å². The molecule has 0 aromatic rings. The fraction of sp³-hybridized carbons (Fsp3) is 0.842.